The molecular weight excluding hydrogens is 316 g/mol. The fourth-order valence-corrected chi connectivity index (χ4v) is 3.68. The molecule has 1 fully saturated rings. The van der Waals surface area contributed by atoms with E-state index < -0.39 is 5.91 Å². The van der Waals surface area contributed by atoms with Gasteiger partial charge in [-0.1, -0.05) is 5.21 Å². The fraction of sp³-hybridized carbons (Fsp3) is 0.500. The van der Waals surface area contributed by atoms with Crippen molar-refractivity contribution < 1.29 is 9.59 Å². The lowest BCUT2D eigenvalue weighted by molar-refractivity contribution is -0.118. The number of hydrogen-bond donors (Lipinski definition) is 1. The number of piperidine rings is 1. The number of aryl methyl sites for hydroxylation is 1. The van der Waals surface area contributed by atoms with E-state index in [1.54, 1.807) is 16.2 Å². The molecule has 1 atom stereocenters. The van der Waals surface area contributed by atoms with Gasteiger partial charge in [-0.3, -0.25) is 9.59 Å². The lowest BCUT2D eigenvalue weighted by Crippen LogP contribution is -2.38. The summed E-state index contributed by atoms with van der Waals surface area (Å²) < 4.78 is 1.28. The van der Waals surface area contributed by atoms with Gasteiger partial charge in [0.2, 0.25) is 5.91 Å². The quantitative estimate of drug-likeness (QED) is 0.894. The van der Waals surface area contributed by atoms with Gasteiger partial charge in [-0.15, -0.1) is 16.4 Å². The van der Waals surface area contributed by atoms with E-state index in [0.717, 1.165) is 30.0 Å². The van der Waals surface area contributed by atoms with Crippen LogP contribution in [-0.4, -0.2) is 43.2 Å². The van der Waals surface area contributed by atoms with E-state index in [0.29, 0.717) is 6.54 Å². The molecule has 1 saturated heterocycles. The van der Waals surface area contributed by atoms with Crippen molar-refractivity contribution >= 4 is 23.2 Å². The second kappa shape index (κ2) is 6.45. The summed E-state index contributed by atoms with van der Waals surface area (Å²) in [5.41, 5.74) is 6.32. The summed E-state index contributed by atoms with van der Waals surface area (Å²) >= 11 is 1.58. The topological polar surface area (TPSA) is 107 Å². The summed E-state index contributed by atoms with van der Waals surface area (Å²) in [5, 5.41) is 10.6. The van der Waals surface area contributed by atoms with Gasteiger partial charge in [0.15, 0.2) is 5.69 Å². The number of primary amides is 1. The van der Waals surface area contributed by atoms with Crippen LogP contribution in [0.2, 0.25) is 0 Å². The predicted octanol–water partition coefficient (Wildman–Crippen LogP) is 0.896. The minimum absolute atomic E-state index is 0.0174. The van der Waals surface area contributed by atoms with Crippen LogP contribution >= 0.6 is 11.3 Å². The lowest BCUT2D eigenvalue weighted by atomic mass is 10.0. The van der Waals surface area contributed by atoms with Crippen LogP contribution in [0.4, 0.5) is 0 Å². The number of nitrogens with zero attached hydrogens (tertiary/aromatic N) is 5. The van der Waals surface area contributed by atoms with E-state index in [4.69, 9.17) is 5.73 Å². The molecular formula is C14H18N6O2S. The first-order valence-electron chi connectivity index (χ1n) is 7.46. The van der Waals surface area contributed by atoms with Gasteiger partial charge >= 0.3 is 0 Å². The highest BCUT2D eigenvalue weighted by atomic mass is 32.1. The first-order chi connectivity index (χ1) is 11.0. The van der Waals surface area contributed by atoms with E-state index in [1.165, 1.54) is 10.9 Å². The number of nitrogens with two attached hydrogens (primary N) is 1. The van der Waals surface area contributed by atoms with Gasteiger partial charge in [0.25, 0.3) is 5.91 Å². The van der Waals surface area contributed by atoms with Gasteiger partial charge in [0.05, 0.1) is 12.2 Å². The number of carbonyl (C=O) groups excluding carboxylic acids is 2. The molecule has 122 valence electrons. The molecule has 0 unspecified atom stereocenters. The average molecular weight is 334 g/mol. The fourth-order valence-electron chi connectivity index (χ4n) is 2.74. The van der Waals surface area contributed by atoms with Crippen LogP contribution in [0.3, 0.4) is 0 Å². The number of aromatic nitrogens is 4. The molecule has 1 aliphatic rings. The Morgan fingerprint density at radius 2 is 2.26 bits per heavy atom. The Balaban J connectivity index is 1.81. The van der Waals surface area contributed by atoms with Crippen molar-refractivity contribution in [1.29, 1.82) is 0 Å². The maximum absolute atomic E-state index is 12.8. The molecule has 2 aromatic heterocycles. The van der Waals surface area contributed by atoms with Crippen LogP contribution in [0.25, 0.3) is 0 Å². The molecule has 3 rings (SSSR count). The van der Waals surface area contributed by atoms with E-state index in [-0.39, 0.29) is 24.2 Å². The van der Waals surface area contributed by atoms with E-state index >= 15 is 0 Å². The van der Waals surface area contributed by atoms with Gasteiger partial charge in [0, 0.05) is 17.6 Å². The monoisotopic (exact) mass is 334 g/mol. The number of carbonyl (C=O) groups is 2. The zero-order chi connectivity index (χ0) is 16.4. The highest BCUT2D eigenvalue weighted by Crippen LogP contribution is 2.33. The Labute approximate surface area is 137 Å². The summed E-state index contributed by atoms with van der Waals surface area (Å²) in [7, 11) is 0. The third-order valence-corrected chi connectivity index (χ3v) is 4.82. The van der Waals surface area contributed by atoms with E-state index in [1.807, 2.05) is 12.3 Å². The molecule has 0 radical (unpaired) electrons. The number of thiazole rings is 1. The molecule has 2 amide bonds. The molecule has 2 N–H and O–H groups in total. The molecule has 1 aliphatic heterocycles. The minimum Gasteiger partial charge on any atom is -0.368 e. The third-order valence-electron chi connectivity index (χ3n) is 3.76. The highest BCUT2D eigenvalue weighted by molar-refractivity contribution is 7.09. The molecule has 9 heteroatoms. The number of likely N-dealkylation sites (tertiary alicyclic amines) is 1. The third kappa shape index (κ3) is 3.39. The van der Waals surface area contributed by atoms with Crippen LogP contribution < -0.4 is 5.73 Å². The Morgan fingerprint density at radius 1 is 1.43 bits per heavy atom. The second-order valence-electron chi connectivity index (χ2n) is 5.60. The largest absolute Gasteiger partial charge is 0.368 e. The van der Waals surface area contributed by atoms with Crippen LogP contribution in [-0.2, 0) is 11.3 Å². The van der Waals surface area contributed by atoms with E-state index in [9.17, 15) is 9.59 Å². The van der Waals surface area contributed by atoms with Crippen molar-refractivity contribution in [2.24, 2.45) is 5.73 Å². The summed E-state index contributed by atoms with van der Waals surface area (Å²) in [4.78, 5) is 30.0. The Kier molecular flexibility index (Phi) is 4.37. The normalized spacial score (nSPS) is 18.1. The van der Waals surface area contributed by atoms with Crippen molar-refractivity contribution in [3.05, 3.63) is 28.0 Å². The molecule has 0 aromatic carbocycles. The molecule has 8 nitrogen and oxygen atoms in total. The number of rotatable bonds is 4. The van der Waals surface area contributed by atoms with Crippen molar-refractivity contribution in [3.8, 4) is 0 Å². The van der Waals surface area contributed by atoms with Crippen LogP contribution in [0.15, 0.2) is 11.6 Å². The average Bonchev–Trinajstić information content (AvgIpc) is 3.15. The summed E-state index contributed by atoms with van der Waals surface area (Å²) in [5.74, 6) is -0.707. The summed E-state index contributed by atoms with van der Waals surface area (Å²) in [6.45, 7) is 2.53. The maximum atomic E-state index is 12.8. The van der Waals surface area contributed by atoms with Gasteiger partial charge in [-0.25, -0.2) is 9.67 Å². The molecule has 3 heterocycles. The first kappa shape index (κ1) is 15.6. The number of amides is 2. The van der Waals surface area contributed by atoms with E-state index in [2.05, 4.69) is 15.3 Å². The Hall–Kier alpha value is -2.29. The molecule has 2 aromatic rings. The molecule has 0 bridgehead atoms. The van der Waals surface area contributed by atoms with Gasteiger partial charge < -0.3 is 10.6 Å². The van der Waals surface area contributed by atoms with Crippen molar-refractivity contribution in [3.63, 3.8) is 0 Å². The summed E-state index contributed by atoms with van der Waals surface area (Å²) in [6.07, 6.45) is 4.39. The second-order valence-corrected chi connectivity index (χ2v) is 6.49. The zero-order valence-corrected chi connectivity index (χ0v) is 13.6. The lowest BCUT2D eigenvalue weighted by Gasteiger charge is -2.33. The molecule has 0 aliphatic carbocycles. The standard InChI is InChI=1S/C14H18N6O2S/c1-9-8-23-13(16-9)11-4-2-3-5-20(11)14(22)10-6-19(18-17-10)7-12(15)21/h6,8,11H,2-5,7H2,1H3,(H2,15,21)/t11-/m1/s1. The zero-order valence-electron chi connectivity index (χ0n) is 12.8. The van der Waals surface area contributed by atoms with Crippen molar-refractivity contribution in [2.75, 3.05) is 6.54 Å². The minimum atomic E-state index is -0.525. The Bertz CT molecular complexity index is 724. The predicted molar refractivity (Wildman–Crippen MR) is 83.7 cm³/mol. The highest BCUT2D eigenvalue weighted by Gasteiger charge is 2.31. The van der Waals surface area contributed by atoms with Gasteiger partial charge in [0.1, 0.15) is 11.6 Å². The Morgan fingerprint density at radius 3 is 2.96 bits per heavy atom. The SMILES string of the molecule is Cc1csc([C@H]2CCCCN2C(=O)c2cn(CC(N)=O)nn2)n1. The smallest absolute Gasteiger partial charge is 0.276 e. The maximum Gasteiger partial charge on any atom is 0.276 e. The molecule has 23 heavy (non-hydrogen) atoms. The molecule has 0 spiro atoms. The van der Waals surface area contributed by atoms with Crippen LogP contribution in [0.5, 0.6) is 0 Å². The number of hydrogen-bond acceptors (Lipinski definition) is 6. The van der Waals surface area contributed by atoms with Crippen molar-refractivity contribution in [2.45, 2.75) is 38.8 Å². The van der Waals surface area contributed by atoms with Gasteiger partial charge in [-0.2, -0.15) is 0 Å². The van der Waals surface area contributed by atoms with Gasteiger partial charge in [-0.05, 0) is 26.2 Å². The van der Waals surface area contributed by atoms with Crippen LogP contribution in [0.1, 0.15) is 46.5 Å². The van der Waals surface area contributed by atoms with Crippen molar-refractivity contribution in [1.82, 2.24) is 24.9 Å². The summed E-state index contributed by atoms with van der Waals surface area (Å²) in [6, 6.07) is -0.0174. The first-order valence-corrected chi connectivity index (χ1v) is 8.34. The molecule has 0 saturated carbocycles. The van der Waals surface area contributed by atoms with Crippen LogP contribution in [0, 0.1) is 6.92 Å².